The van der Waals surface area contributed by atoms with Gasteiger partial charge in [0, 0.05) is 12.4 Å². The Morgan fingerprint density at radius 1 is 1.77 bits per heavy atom. The molecule has 68 valence electrons. The molecular formula is C9H10N2O2. The highest BCUT2D eigenvalue weighted by Gasteiger charge is 2.02. The monoisotopic (exact) mass is 178 g/mol. The maximum absolute atomic E-state index is 10.4. The fourth-order valence-corrected chi connectivity index (χ4v) is 0.982. The molecule has 1 amide bonds. The van der Waals surface area contributed by atoms with Crippen LogP contribution in [0.15, 0.2) is 31.1 Å². The highest BCUT2D eigenvalue weighted by molar-refractivity contribution is 5.83. The molecule has 0 fully saturated rings. The average Bonchev–Trinajstić information content (AvgIpc) is 2.08. The minimum absolute atomic E-state index is 0.558. The van der Waals surface area contributed by atoms with Gasteiger partial charge in [-0.15, -0.1) is 6.58 Å². The molecule has 4 heteroatoms. The summed E-state index contributed by atoms with van der Waals surface area (Å²) in [4.78, 5) is 14.3. The second-order valence-corrected chi connectivity index (χ2v) is 2.46. The van der Waals surface area contributed by atoms with Crippen molar-refractivity contribution in [1.82, 2.24) is 4.98 Å². The zero-order valence-corrected chi connectivity index (χ0v) is 7.03. The second-order valence-electron chi connectivity index (χ2n) is 2.46. The van der Waals surface area contributed by atoms with Crippen LogP contribution in [0.4, 0.5) is 10.5 Å². The van der Waals surface area contributed by atoms with Crippen LogP contribution in [0.1, 0.15) is 5.56 Å². The summed E-state index contributed by atoms with van der Waals surface area (Å²) in [5.74, 6) is 0. The van der Waals surface area contributed by atoms with Gasteiger partial charge in [0.05, 0.1) is 5.69 Å². The molecule has 0 aliphatic carbocycles. The summed E-state index contributed by atoms with van der Waals surface area (Å²) < 4.78 is 0. The number of hydrogen-bond donors (Lipinski definition) is 2. The minimum atomic E-state index is -1.07. The zero-order chi connectivity index (χ0) is 9.68. The normalized spacial score (nSPS) is 9.23. The fourth-order valence-electron chi connectivity index (χ4n) is 0.982. The Labute approximate surface area is 75.9 Å². The van der Waals surface area contributed by atoms with E-state index in [0.717, 1.165) is 5.56 Å². The molecule has 0 radical (unpaired) electrons. The number of anilines is 1. The number of aromatic nitrogens is 1. The molecule has 0 bridgehead atoms. The Kier molecular flexibility index (Phi) is 3.03. The van der Waals surface area contributed by atoms with E-state index in [9.17, 15) is 4.79 Å². The van der Waals surface area contributed by atoms with Crippen LogP contribution in [-0.4, -0.2) is 16.2 Å². The molecule has 1 rings (SSSR count). The van der Waals surface area contributed by atoms with Crippen LogP contribution in [0.3, 0.4) is 0 Å². The van der Waals surface area contributed by atoms with Gasteiger partial charge in [-0.1, -0.05) is 6.08 Å². The molecule has 0 aromatic carbocycles. The second kappa shape index (κ2) is 4.25. The van der Waals surface area contributed by atoms with E-state index in [1.54, 1.807) is 18.3 Å². The molecule has 0 atom stereocenters. The van der Waals surface area contributed by atoms with Crippen molar-refractivity contribution >= 4 is 11.8 Å². The lowest BCUT2D eigenvalue weighted by molar-refractivity contribution is 0.209. The molecule has 2 N–H and O–H groups in total. The zero-order valence-electron chi connectivity index (χ0n) is 7.03. The maximum atomic E-state index is 10.4. The summed E-state index contributed by atoms with van der Waals surface area (Å²) in [6.45, 7) is 3.57. The molecule has 13 heavy (non-hydrogen) atoms. The highest BCUT2D eigenvalue weighted by Crippen LogP contribution is 2.13. The van der Waals surface area contributed by atoms with Gasteiger partial charge in [-0.2, -0.15) is 0 Å². The predicted octanol–water partition coefficient (Wildman–Crippen LogP) is 1.90. The number of allylic oxidation sites excluding steroid dienone is 1. The van der Waals surface area contributed by atoms with Crippen molar-refractivity contribution < 1.29 is 9.90 Å². The first-order chi connectivity index (χ1) is 6.24. The number of nitrogens with zero attached hydrogens (tertiary/aromatic N) is 1. The van der Waals surface area contributed by atoms with Crippen LogP contribution in [0.25, 0.3) is 0 Å². The average molecular weight is 178 g/mol. The fraction of sp³-hybridized carbons (Fsp3) is 0.111. The lowest BCUT2D eigenvalue weighted by Gasteiger charge is -2.05. The lowest BCUT2D eigenvalue weighted by Crippen LogP contribution is -2.09. The van der Waals surface area contributed by atoms with Gasteiger partial charge in [0.2, 0.25) is 0 Å². The van der Waals surface area contributed by atoms with Crippen molar-refractivity contribution in [2.45, 2.75) is 6.42 Å². The molecule has 0 saturated carbocycles. The van der Waals surface area contributed by atoms with Gasteiger partial charge in [0.15, 0.2) is 0 Å². The van der Waals surface area contributed by atoms with Crippen molar-refractivity contribution in [3.05, 3.63) is 36.7 Å². The third kappa shape index (κ3) is 2.59. The van der Waals surface area contributed by atoms with Gasteiger partial charge in [0.1, 0.15) is 0 Å². The lowest BCUT2D eigenvalue weighted by atomic mass is 10.2. The van der Waals surface area contributed by atoms with E-state index in [1.807, 2.05) is 0 Å². The van der Waals surface area contributed by atoms with E-state index >= 15 is 0 Å². The number of carboxylic acid groups (broad SMARTS) is 1. The quantitative estimate of drug-likeness (QED) is 0.695. The first-order valence-electron chi connectivity index (χ1n) is 3.77. The first-order valence-corrected chi connectivity index (χ1v) is 3.77. The number of nitrogens with one attached hydrogen (secondary N) is 1. The largest absolute Gasteiger partial charge is 0.465 e. The SMILES string of the molecule is C=CCc1cnccc1NC(=O)O. The Morgan fingerprint density at radius 2 is 2.54 bits per heavy atom. The number of hydrogen-bond acceptors (Lipinski definition) is 2. The molecule has 0 spiro atoms. The molecular weight excluding hydrogens is 168 g/mol. The summed E-state index contributed by atoms with van der Waals surface area (Å²) in [6, 6.07) is 1.62. The number of pyridine rings is 1. The van der Waals surface area contributed by atoms with Crippen molar-refractivity contribution in [1.29, 1.82) is 0 Å². The van der Waals surface area contributed by atoms with Gasteiger partial charge in [-0.25, -0.2) is 4.79 Å². The summed E-state index contributed by atoms with van der Waals surface area (Å²) in [7, 11) is 0. The van der Waals surface area contributed by atoms with Crippen LogP contribution in [0.2, 0.25) is 0 Å². The summed E-state index contributed by atoms with van der Waals surface area (Å²) >= 11 is 0. The Balaban J connectivity index is 2.90. The maximum Gasteiger partial charge on any atom is 0.409 e. The van der Waals surface area contributed by atoms with Crippen LogP contribution in [0.5, 0.6) is 0 Å². The molecule has 0 aliphatic rings. The molecule has 0 saturated heterocycles. The van der Waals surface area contributed by atoms with Gasteiger partial charge in [-0.05, 0) is 18.1 Å². The molecule has 4 nitrogen and oxygen atoms in total. The van der Waals surface area contributed by atoms with Gasteiger partial charge >= 0.3 is 6.09 Å². The van der Waals surface area contributed by atoms with Crippen molar-refractivity contribution in [3.63, 3.8) is 0 Å². The molecule has 1 heterocycles. The Morgan fingerprint density at radius 3 is 3.15 bits per heavy atom. The standard InChI is InChI=1S/C9H10N2O2/c1-2-3-7-6-10-5-4-8(7)11-9(12)13/h2,4-6H,1,3H2,(H,10,11)(H,12,13). The predicted molar refractivity (Wildman–Crippen MR) is 49.8 cm³/mol. The molecule has 1 aromatic rings. The van der Waals surface area contributed by atoms with E-state index in [0.29, 0.717) is 12.1 Å². The number of amides is 1. The van der Waals surface area contributed by atoms with Crippen molar-refractivity contribution in [2.24, 2.45) is 0 Å². The molecule has 1 aromatic heterocycles. The summed E-state index contributed by atoms with van der Waals surface area (Å²) in [5.41, 5.74) is 1.38. The van der Waals surface area contributed by atoms with Crippen molar-refractivity contribution in [2.75, 3.05) is 5.32 Å². The summed E-state index contributed by atoms with van der Waals surface area (Å²) in [6.07, 6.45) is 4.38. The number of rotatable bonds is 3. The third-order valence-corrected chi connectivity index (χ3v) is 1.51. The summed E-state index contributed by atoms with van der Waals surface area (Å²) in [5, 5.41) is 10.8. The Bertz CT molecular complexity index is 323. The first kappa shape index (κ1) is 9.25. The van der Waals surface area contributed by atoms with E-state index in [2.05, 4.69) is 16.9 Å². The van der Waals surface area contributed by atoms with E-state index < -0.39 is 6.09 Å². The van der Waals surface area contributed by atoms with Gasteiger partial charge in [0.25, 0.3) is 0 Å². The topological polar surface area (TPSA) is 62.2 Å². The van der Waals surface area contributed by atoms with Crippen molar-refractivity contribution in [3.8, 4) is 0 Å². The van der Waals surface area contributed by atoms with Gasteiger partial charge in [-0.3, -0.25) is 10.3 Å². The van der Waals surface area contributed by atoms with Crippen LogP contribution in [-0.2, 0) is 6.42 Å². The molecule has 0 unspecified atom stereocenters. The smallest absolute Gasteiger partial charge is 0.409 e. The third-order valence-electron chi connectivity index (χ3n) is 1.51. The van der Waals surface area contributed by atoms with Crippen LogP contribution >= 0.6 is 0 Å². The van der Waals surface area contributed by atoms with E-state index in [4.69, 9.17) is 5.11 Å². The number of carbonyl (C=O) groups is 1. The van der Waals surface area contributed by atoms with Gasteiger partial charge < -0.3 is 5.11 Å². The van der Waals surface area contributed by atoms with E-state index in [-0.39, 0.29) is 0 Å². The minimum Gasteiger partial charge on any atom is -0.465 e. The van der Waals surface area contributed by atoms with Crippen LogP contribution < -0.4 is 5.32 Å². The van der Waals surface area contributed by atoms with E-state index in [1.165, 1.54) is 6.20 Å². The van der Waals surface area contributed by atoms with Crippen LogP contribution in [0, 0.1) is 0 Å². The Hall–Kier alpha value is -1.84. The highest BCUT2D eigenvalue weighted by atomic mass is 16.4. The molecule has 0 aliphatic heterocycles.